The van der Waals surface area contributed by atoms with E-state index in [1.54, 1.807) is 18.2 Å². The van der Waals surface area contributed by atoms with Gasteiger partial charge >= 0.3 is 0 Å². The van der Waals surface area contributed by atoms with Gasteiger partial charge in [-0.25, -0.2) is 14.1 Å². The van der Waals surface area contributed by atoms with Crippen molar-refractivity contribution in [2.45, 2.75) is 25.9 Å². The fourth-order valence-corrected chi connectivity index (χ4v) is 3.05. The third-order valence-electron chi connectivity index (χ3n) is 3.79. The number of nitrogens with zero attached hydrogens (tertiary/aromatic N) is 5. The first kappa shape index (κ1) is 14.3. The molecule has 4 rings (SSSR count). The van der Waals surface area contributed by atoms with Gasteiger partial charge in [-0.1, -0.05) is 12.1 Å². The molecular weight excluding hydrogens is 315 g/mol. The summed E-state index contributed by atoms with van der Waals surface area (Å²) in [5.41, 5.74) is 1.14. The average molecular weight is 330 g/mol. The predicted molar refractivity (Wildman–Crippen MR) is 85.4 cm³/mol. The van der Waals surface area contributed by atoms with Crippen LogP contribution in [0.2, 0.25) is 0 Å². The maximum atomic E-state index is 13.8. The second-order valence-electron chi connectivity index (χ2n) is 5.59. The van der Waals surface area contributed by atoms with Crippen molar-refractivity contribution < 1.29 is 4.39 Å². The third kappa shape index (κ3) is 3.21. The Kier molecular flexibility index (Phi) is 3.74. The summed E-state index contributed by atoms with van der Waals surface area (Å²) in [6.45, 7) is 1.38. The molecule has 6 nitrogen and oxygen atoms in total. The van der Waals surface area contributed by atoms with Crippen molar-refractivity contribution >= 4 is 16.5 Å². The predicted octanol–water partition coefficient (Wildman–Crippen LogP) is 2.96. The maximum Gasteiger partial charge on any atom is 0.183 e. The monoisotopic (exact) mass is 330 g/mol. The molecule has 0 bridgehead atoms. The molecule has 0 atom stereocenters. The number of anilines is 1. The van der Waals surface area contributed by atoms with Gasteiger partial charge in [0.15, 0.2) is 11.0 Å². The maximum absolute atomic E-state index is 13.8. The molecule has 2 heterocycles. The molecule has 2 aromatic heterocycles. The number of nitrogens with one attached hydrogen (secondary N) is 1. The Labute approximate surface area is 136 Å². The number of tetrazole rings is 1. The fourth-order valence-electron chi connectivity index (χ4n) is 2.34. The van der Waals surface area contributed by atoms with E-state index in [1.807, 2.05) is 10.1 Å². The van der Waals surface area contributed by atoms with Crippen LogP contribution < -0.4 is 5.32 Å². The van der Waals surface area contributed by atoms with Crippen molar-refractivity contribution in [3.63, 3.8) is 0 Å². The quantitative estimate of drug-likeness (QED) is 0.752. The molecule has 1 aliphatic rings. The Morgan fingerprint density at radius 3 is 3.00 bits per heavy atom. The van der Waals surface area contributed by atoms with Crippen LogP contribution in [0, 0.1) is 11.7 Å². The van der Waals surface area contributed by atoms with E-state index in [-0.39, 0.29) is 5.82 Å². The summed E-state index contributed by atoms with van der Waals surface area (Å²) in [4.78, 5) is 4.43. The zero-order valence-corrected chi connectivity index (χ0v) is 13.1. The SMILES string of the molecule is Fc1ccccc1-c1csc(NCc2nnnn2CC2CC2)n1. The highest BCUT2D eigenvalue weighted by Crippen LogP contribution is 2.30. The normalized spacial score (nSPS) is 14.1. The zero-order valence-electron chi connectivity index (χ0n) is 12.3. The summed E-state index contributed by atoms with van der Waals surface area (Å²) >= 11 is 1.44. The second kappa shape index (κ2) is 6.04. The van der Waals surface area contributed by atoms with E-state index in [2.05, 4.69) is 25.8 Å². The molecule has 1 aliphatic carbocycles. The van der Waals surface area contributed by atoms with Gasteiger partial charge in [-0.15, -0.1) is 16.4 Å². The second-order valence-corrected chi connectivity index (χ2v) is 6.45. The minimum atomic E-state index is -0.266. The van der Waals surface area contributed by atoms with E-state index in [1.165, 1.54) is 30.2 Å². The first-order chi connectivity index (χ1) is 11.3. The van der Waals surface area contributed by atoms with Gasteiger partial charge in [-0.05, 0) is 41.3 Å². The Bertz CT molecular complexity index is 810. The molecule has 1 N–H and O–H groups in total. The molecule has 118 valence electrons. The molecule has 0 amide bonds. The molecule has 0 unspecified atom stereocenters. The molecule has 23 heavy (non-hydrogen) atoms. The summed E-state index contributed by atoms with van der Waals surface area (Å²) in [7, 11) is 0. The lowest BCUT2D eigenvalue weighted by atomic mass is 10.2. The highest BCUT2D eigenvalue weighted by Gasteiger charge is 2.23. The van der Waals surface area contributed by atoms with Crippen LogP contribution >= 0.6 is 11.3 Å². The molecule has 0 radical (unpaired) electrons. The standard InChI is InChI=1S/C15H15FN6S/c16-12-4-2-1-3-11(12)13-9-23-15(18-13)17-7-14-19-20-21-22(14)8-10-5-6-10/h1-4,9-10H,5-8H2,(H,17,18). The molecule has 3 aromatic rings. The smallest absolute Gasteiger partial charge is 0.183 e. The number of aromatic nitrogens is 5. The topological polar surface area (TPSA) is 68.5 Å². The van der Waals surface area contributed by atoms with Gasteiger partial charge in [0.25, 0.3) is 0 Å². The minimum Gasteiger partial charge on any atom is -0.354 e. The largest absolute Gasteiger partial charge is 0.354 e. The number of benzene rings is 1. The molecular formula is C15H15FN6S. The minimum absolute atomic E-state index is 0.266. The van der Waals surface area contributed by atoms with E-state index in [9.17, 15) is 4.39 Å². The summed E-state index contributed by atoms with van der Waals surface area (Å²) in [5.74, 6) is 1.24. The highest BCUT2D eigenvalue weighted by molar-refractivity contribution is 7.14. The zero-order chi connectivity index (χ0) is 15.6. The Morgan fingerprint density at radius 1 is 1.30 bits per heavy atom. The number of halogens is 1. The molecule has 0 saturated heterocycles. The lowest BCUT2D eigenvalue weighted by Crippen LogP contribution is -2.11. The van der Waals surface area contributed by atoms with Crippen molar-refractivity contribution in [3.8, 4) is 11.3 Å². The Balaban J connectivity index is 1.44. The van der Waals surface area contributed by atoms with Crippen molar-refractivity contribution in [3.05, 3.63) is 41.3 Å². The van der Waals surface area contributed by atoms with E-state index in [0.29, 0.717) is 23.7 Å². The van der Waals surface area contributed by atoms with Crippen LogP contribution in [0.3, 0.4) is 0 Å². The molecule has 1 fully saturated rings. The van der Waals surface area contributed by atoms with E-state index < -0.39 is 0 Å². The first-order valence-electron chi connectivity index (χ1n) is 7.49. The van der Waals surface area contributed by atoms with Crippen molar-refractivity contribution in [1.29, 1.82) is 0 Å². The van der Waals surface area contributed by atoms with Crippen LogP contribution in [0.5, 0.6) is 0 Å². The van der Waals surface area contributed by atoms with Gasteiger partial charge in [0.1, 0.15) is 5.82 Å². The van der Waals surface area contributed by atoms with E-state index in [4.69, 9.17) is 0 Å². The average Bonchev–Trinajstić information content (AvgIpc) is 3.07. The van der Waals surface area contributed by atoms with Gasteiger partial charge in [-0.2, -0.15) is 0 Å². The Morgan fingerprint density at radius 2 is 2.17 bits per heavy atom. The fraction of sp³-hybridized carbons (Fsp3) is 0.333. The molecule has 1 saturated carbocycles. The van der Waals surface area contributed by atoms with Crippen LogP contribution in [0.25, 0.3) is 11.3 Å². The summed E-state index contributed by atoms with van der Waals surface area (Å²) in [6.07, 6.45) is 2.51. The molecule has 8 heteroatoms. The van der Waals surface area contributed by atoms with Gasteiger partial charge in [-0.3, -0.25) is 0 Å². The van der Waals surface area contributed by atoms with Crippen molar-refractivity contribution in [2.75, 3.05) is 5.32 Å². The number of hydrogen-bond acceptors (Lipinski definition) is 6. The molecule has 0 aliphatic heterocycles. The van der Waals surface area contributed by atoms with Crippen LogP contribution in [0.4, 0.5) is 9.52 Å². The van der Waals surface area contributed by atoms with Crippen molar-refractivity contribution in [1.82, 2.24) is 25.2 Å². The van der Waals surface area contributed by atoms with Gasteiger partial charge in [0.2, 0.25) is 0 Å². The number of rotatable bonds is 6. The summed E-state index contributed by atoms with van der Waals surface area (Å²) < 4.78 is 15.6. The Hall–Kier alpha value is -2.35. The summed E-state index contributed by atoms with van der Waals surface area (Å²) in [6, 6.07) is 6.64. The van der Waals surface area contributed by atoms with Gasteiger partial charge in [0.05, 0.1) is 12.2 Å². The number of thiazole rings is 1. The molecule has 1 aromatic carbocycles. The summed E-state index contributed by atoms with van der Waals surface area (Å²) in [5, 5.41) is 17.6. The van der Waals surface area contributed by atoms with Crippen LogP contribution in [0.1, 0.15) is 18.7 Å². The van der Waals surface area contributed by atoms with Gasteiger partial charge in [0, 0.05) is 17.5 Å². The highest BCUT2D eigenvalue weighted by atomic mass is 32.1. The lowest BCUT2D eigenvalue weighted by molar-refractivity contribution is 0.526. The number of hydrogen-bond donors (Lipinski definition) is 1. The van der Waals surface area contributed by atoms with Crippen LogP contribution in [0.15, 0.2) is 29.6 Å². The van der Waals surface area contributed by atoms with Crippen LogP contribution in [-0.4, -0.2) is 25.2 Å². The van der Waals surface area contributed by atoms with E-state index in [0.717, 1.165) is 17.5 Å². The van der Waals surface area contributed by atoms with Crippen molar-refractivity contribution in [2.24, 2.45) is 5.92 Å². The lowest BCUT2D eigenvalue weighted by Gasteiger charge is -2.04. The van der Waals surface area contributed by atoms with Crippen LogP contribution in [-0.2, 0) is 13.1 Å². The van der Waals surface area contributed by atoms with Gasteiger partial charge < -0.3 is 5.32 Å². The van der Waals surface area contributed by atoms with E-state index >= 15 is 0 Å². The first-order valence-corrected chi connectivity index (χ1v) is 8.37. The third-order valence-corrected chi connectivity index (χ3v) is 4.59. The molecule has 0 spiro atoms.